The number of aliphatic carboxylic acids is 1. The minimum absolute atomic E-state index is 0.197. The Morgan fingerprint density at radius 1 is 1.30 bits per heavy atom. The topological polar surface area (TPSA) is 150 Å². The highest BCUT2D eigenvalue weighted by Crippen LogP contribution is 2.24. The lowest BCUT2D eigenvalue weighted by atomic mass is 10.1. The second-order valence-corrected chi connectivity index (χ2v) is 6.46. The van der Waals surface area contributed by atoms with Crippen molar-refractivity contribution >= 4 is 32.4 Å². The molecule has 11 nitrogen and oxygen atoms in total. The Balaban J connectivity index is 3.00. The summed E-state index contributed by atoms with van der Waals surface area (Å²) in [5.41, 5.74) is 0.430. The fourth-order valence-corrected chi connectivity index (χ4v) is 2.26. The van der Waals surface area contributed by atoms with Crippen LogP contribution in [0.2, 0.25) is 0 Å². The van der Waals surface area contributed by atoms with E-state index in [0.29, 0.717) is 5.56 Å². The first-order valence-electron chi connectivity index (χ1n) is 7.79. The third kappa shape index (κ3) is 7.43. The molecule has 0 aromatic carbocycles. The van der Waals surface area contributed by atoms with E-state index in [0.717, 1.165) is 4.90 Å². The van der Waals surface area contributed by atoms with Crippen LogP contribution in [0.4, 0.5) is 10.6 Å². The molecule has 1 aromatic heterocycles. The molecule has 0 aliphatic rings. The molecule has 3 N–H and O–H groups in total. The molecule has 1 aromatic rings. The van der Waals surface area contributed by atoms with Gasteiger partial charge in [-0.1, -0.05) is 19.9 Å². The fraction of sp³-hybridized carbons (Fsp3) is 0.467. The predicted molar refractivity (Wildman–Crippen MR) is 94.3 cm³/mol. The third-order valence-corrected chi connectivity index (χ3v) is 3.64. The smallest absolute Gasteiger partial charge is 0.412 e. The number of rotatable bonds is 9. The van der Waals surface area contributed by atoms with E-state index in [1.807, 2.05) is 0 Å². The van der Waals surface area contributed by atoms with Crippen LogP contribution in [0.25, 0.3) is 0 Å². The zero-order valence-electron chi connectivity index (χ0n) is 15.1. The van der Waals surface area contributed by atoms with Gasteiger partial charge < -0.3 is 19.6 Å². The summed E-state index contributed by atoms with van der Waals surface area (Å²) in [6.45, 7) is 1.83. The number of aromatic nitrogens is 1. The highest BCUT2D eigenvalue weighted by atomic mass is 31.2. The normalized spacial score (nSPS) is 10.8. The summed E-state index contributed by atoms with van der Waals surface area (Å²) in [6.07, 6.45) is 0.434. The number of amides is 2. The van der Waals surface area contributed by atoms with E-state index in [9.17, 15) is 14.4 Å². The van der Waals surface area contributed by atoms with Crippen LogP contribution in [-0.4, -0.2) is 63.1 Å². The van der Waals surface area contributed by atoms with E-state index in [-0.39, 0.29) is 24.2 Å². The van der Waals surface area contributed by atoms with Gasteiger partial charge in [-0.2, -0.15) is 0 Å². The zero-order chi connectivity index (χ0) is 20.6. The Bertz CT molecular complexity index is 670. The molecule has 150 valence electrons. The van der Waals surface area contributed by atoms with E-state index in [4.69, 9.17) is 14.9 Å². The quantitative estimate of drug-likeness (QED) is 0.404. The van der Waals surface area contributed by atoms with Gasteiger partial charge in [-0.05, 0) is 6.07 Å². The van der Waals surface area contributed by atoms with Crippen LogP contribution in [0.5, 0.6) is 0 Å². The van der Waals surface area contributed by atoms with E-state index in [1.54, 1.807) is 26.0 Å². The molecule has 0 fully saturated rings. The first-order valence-corrected chi connectivity index (χ1v) is 8.95. The molecule has 0 aliphatic carbocycles. The molecule has 12 heteroatoms. The van der Waals surface area contributed by atoms with Gasteiger partial charge in [0.05, 0.1) is 6.54 Å². The molecular formula is C15H22N3O8P. The highest BCUT2D eigenvalue weighted by Gasteiger charge is 2.24. The first-order chi connectivity index (χ1) is 12.6. The van der Waals surface area contributed by atoms with Crippen LogP contribution in [-0.2, 0) is 25.4 Å². The number of anilines is 1. The van der Waals surface area contributed by atoms with Crippen molar-refractivity contribution in [3.63, 3.8) is 0 Å². The average Bonchev–Trinajstić information content (AvgIpc) is 2.59. The molecule has 27 heavy (non-hydrogen) atoms. The summed E-state index contributed by atoms with van der Waals surface area (Å²) in [6, 6.07) is 3.19. The van der Waals surface area contributed by atoms with Crippen LogP contribution in [0.15, 0.2) is 18.3 Å². The van der Waals surface area contributed by atoms with E-state index in [2.05, 4.69) is 14.2 Å². The van der Waals surface area contributed by atoms with Gasteiger partial charge in [-0.25, -0.2) is 9.78 Å². The van der Waals surface area contributed by atoms with Gasteiger partial charge in [-0.3, -0.25) is 23.9 Å². The first kappa shape index (κ1) is 22.7. The SMILES string of the molecule is CC(C)C(=O)N(C)c1ncccc1CN(CC(=O)O)C(=O)OCOP(O)O. The predicted octanol–water partition coefficient (Wildman–Crippen LogP) is 0.909. The van der Waals surface area contributed by atoms with Gasteiger partial charge in [0.25, 0.3) is 0 Å². The van der Waals surface area contributed by atoms with Crippen LogP contribution in [0.1, 0.15) is 19.4 Å². The number of nitrogens with zero attached hydrogens (tertiary/aromatic N) is 3. The van der Waals surface area contributed by atoms with Gasteiger partial charge in [0, 0.05) is 24.7 Å². The number of carboxylic acid groups (broad SMARTS) is 1. The van der Waals surface area contributed by atoms with Crippen LogP contribution in [0, 0.1) is 5.92 Å². The largest absolute Gasteiger partial charge is 0.480 e. The second-order valence-electron chi connectivity index (χ2n) is 5.70. The maximum atomic E-state index is 12.2. The van der Waals surface area contributed by atoms with Crippen molar-refractivity contribution in [2.24, 2.45) is 5.92 Å². The van der Waals surface area contributed by atoms with Crippen LogP contribution < -0.4 is 4.90 Å². The number of pyridine rings is 1. The van der Waals surface area contributed by atoms with Crippen molar-refractivity contribution in [3.8, 4) is 0 Å². The fourth-order valence-electron chi connectivity index (χ4n) is 2.12. The Morgan fingerprint density at radius 2 is 1.96 bits per heavy atom. The lowest BCUT2D eigenvalue weighted by Gasteiger charge is -2.25. The third-order valence-electron chi connectivity index (χ3n) is 3.31. The van der Waals surface area contributed by atoms with E-state index >= 15 is 0 Å². The highest BCUT2D eigenvalue weighted by molar-refractivity contribution is 7.39. The maximum absolute atomic E-state index is 12.2. The number of carboxylic acids is 1. The van der Waals surface area contributed by atoms with Gasteiger partial charge >= 0.3 is 20.7 Å². The summed E-state index contributed by atoms with van der Waals surface area (Å²) in [5.74, 6) is -1.48. The second kappa shape index (κ2) is 10.7. The van der Waals surface area contributed by atoms with Crippen LogP contribution in [0.3, 0.4) is 0 Å². The van der Waals surface area contributed by atoms with Crippen molar-refractivity contribution in [1.82, 2.24) is 9.88 Å². The lowest BCUT2D eigenvalue weighted by Crippen LogP contribution is -2.37. The van der Waals surface area contributed by atoms with Crippen molar-refractivity contribution in [3.05, 3.63) is 23.9 Å². The van der Waals surface area contributed by atoms with Crippen molar-refractivity contribution in [2.75, 3.05) is 25.3 Å². The minimum atomic E-state index is -2.71. The number of hydrogen-bond donors (Lipinski definition) is 3. The molecule has 0 aliphatic heterocycles. The summed E-state index contributed by atoms with van der Waals surface area (Å²) in [4.78, 5) is 59.0. The van der Waals surface area contributed by atoms with Gasteiger partial charge in [0.1, 0.15) is 12.4 Å². The molecule has 0 saturated heterocycles. The van der Waals surface area contributed by atoms with E-state index < -0.39 is 34.0 Å². The molecule has 0 bridgehead atoms. The Morgan fingerprint density at radius 3 is 2.52 bits per heavy atom. The average molecular weight is 403 g/mol. The molecule has 1 heterocycles. The monoisotopic (exact) mass is 403 g/mol. The summed E-state index contributed by atoms with van der Waals surface area (Å²) in [7, 11) is -1.17. The number of carbonyl (C=O) groups excluding carboxylic acids is 2. The van der Waals surface area contributed by atoms with Crippen LogP contribution >= 0.6 is 8.60 Å². The molecule has 2 amide bonds. The summed E-state index contributed by atoms with van der Waals surface area (Å²) >= 11 is 0. The van der Waals surface area contributed by atoms with E-state index in [1.165, 1.54) is 18.1 Å². The Kier molecular flexibility index (Phi) is 9.03. The molecule has 0 spiro atoms. The summed E-state index contributed by atoms with van der Waals surface area (Å²) in [5, 5.41) is 9.03. The van der Waals surface area contributed by atoms with Crippen molar-refractivity contribution in [1.29, 1.82) is 0 Å². The number of carbonyl (C=O) groups is 3. The van der Waals surface area contributed by atoms with Crippen molar-refractivity contribution < 1.29 is 38.5 Å². The molecule has 0 saturated carbocycles. The van der Waals surface area contributed by atoms with Gasteiger partial charge in [0.15, 0.2) is 0 Å². The van der Waals surface area contributed by atoms with Crippen molar-refractivity contribution in [2.45, 2.75) is 20.4 Å². The number of ether oxygens (including phenoxy) is 1. The zero-order valence-corrected chi connectivity index (χ0v) is 16.0. The molecule has 0 unspecified atom stereocenters. The standard InChI is InChI=1S/C15H22N3O8P/c1-10(2)14(21)17(3)13-11(5-4-6-16-13)7-18(8-12(19)20)15(22)25-9-26-27(23)24/h4-6,10,23-24H,7-9H2,1-3H3,(H,19,20). The lowest BCUT2D eigenvalue weighted by molar-refractivity contribution is -0.138. The molecule has 1 rings (SSSR count). The minimum Gasteiger partial charge on any atom is -0.480 e. The maximum Gasteiger partial charge on any atom is 0.412 e. The molecule has 0 atom stereocenters. The van der Waals surface area contributed by atoms with Gasteiger partial charge in [-0.15, -0.1) is 0 Å². The molecule has 0 radical (unpaired) electrons. The van der Waals surface area contributed by atoms with Gasteiger partial charge in [0.2, 0.25) is 12.7 Å². The summed E-state index contributed by atoms with van der Waals surface area (Å²) < 4.78 is 9.00. The molecular weight excluding hydrogens is 381 g/mol. The Hall–Kier alpha value is -2.33. The Labute approximate surface area is 157 Å². The number of hydrogen-bond acceptors (Lipinski definition) is 8.